The number of halogens is 2. The maximum Gasteiger partial charge on any atom is 0.168 e. The molecule has 3 rings (SSSR count). The third-order valence-electron chi connectivity index (χ3n) is 2.59. The largest absolute Gasteiger partial charge is 0.248 e. The molecule has 0 bridgehead atoms. The summed E-state index contributed by atoms with van der Waals surface area (Å²) in [5.74, 6) is -1.68. The van der Waals surface area contributed by atoms with Crippen molar-refractivity contribution < 1.29 is 8.78 Å². The van der Waals surface area contributed by atoms with Crippen LogP contribution >= 0.6 is 0 Å². The van der Waals surface area contributed by atoms with Crippen molar-refractivity contribution in [2.75, 3.05) is 0 Å². The minimum absolute atomic E-state index is 0.221. The van der Waals surface area contributed by atoms with Crippen molar-refractivity contribution in [1.82, 2.24) is 4.98 Å². The molecule has 0 aliphatic carbocycles. The monoisotopic (exact) mass is 215 g/mol. The first-order valence-corrected chi connectivity index (χ1v) is 4.89. The van der Waals surface area contributed by atoms with E-state index in [0.717, 1.165) is 17.0 Å². The summed E-state index contributed by atoms with van der Waals surface area (Å²) < 4.78 is 26.6. The fraction of sp³-hybridized carbons (Fsp3) is 0. The third kappa shape index (κ3) is 1.25. The van der Waals surface area contributed by atoms with E-state index in [9.17, 15) is 8.78 Å². The molecule has 3 heteroatoms. The molecule has 3 aromatic rings. The van der Waals surface area contributed by atoms with Gasteiger partial charge < -0.3 is 0 Å². The number of nitrogens with zero attached hydrogens (tertiary/aromatic N) is 1. The number of fused-ring (bicyclic) bond motifs is 2. The summed E-state index contributed by atoms with van der Waals surface area (Å²) in [6, 6.07) is 11.6. The van der Waals surface area contributed by atoms with Crippen LogP contribution in [0.5, 0.6) is 0 Å². The highest BCUT2D eigenvalue weighted by Crippen LogP contribution is 2.23. The Labute approximate surface area is 90.3 Å². The van der Waals surface area contributed by atoms with E-state index in [-0.39, 0.29) is 5.39 Å². The second-order valence-corrected chi connectivity index (χ2v) is 3.61. The standard InChI is InChI=1S/C13H7F2N/c14-10-5-6-12-9(13(10)15)7-8-3-1-2-4-11(8)16-12/h1-7H. The van der Waals surface area contributed by atoms with Crippen LogP contribution < -0.4 is 0 Å². The highest BCUT2D eigenvalue weighted by Gasteiger charge is 2.08. The third-order valence-corrected chi connectivity index (χ3v) is 2.59. The van der Waals surface area contributed by atoms with Crippen molar-refractivity contribution in [2.45, 2.75) is 0 Å². The Morgan fingerprint density at radius 2 is 1.69 bits per heavy atom. The molecule has 0 unspecified atom stereocenters. The summed E-state index contributed by atoms with van der Waals surface area (Å²) >= 11 is 0. The Morgan fingerprint density at radius 1 is 0.875 bits per heavy atom. The molecule has 0 saturated heterocycles. The maximum atomic E-state index is 13.5. The van der Waals surface area contributed by atoms with Gasteiger partial charge in [0.05, 0.1) is 11.0 Å². The van der Waals surface area contributed by atoms with Crippen molar-refractivity contribution in [3.05, 3.63) is 54.1 Å². The van der Waals surface area contributed by atoms with Crippen LogP contribution in [0.1, 0.15) is 0 Å². The van der Waals surface area contributed by atoms with Gasteiger partial charge in [-0.1, -0.05) is 18.2 Å². The van der Waals surface area contributed by atoms with Gasteiger partial charge in [-0.05, 0) is 24.3 Å². The molecule has 0 aliphatic rings. The summed E-state index contributed by atoms with van der Waals surface area (Å²) in [6.45, 7) is 0. The first-order valence-electron chi connectivity index (χ1n) is 4.89. The van der Waals surface area contributed by atoms with Gasteiger partial charge in [-0.3, -0.25) is 0 Å². The molecule has 0 spiro atoms. The number of pyridine rings is 1. The molecule has 0 aliphatic heterocycles. The molecule has 0 fully saturated rings. The zero-order valence-corrected chi connectivity index (χ0v) is 8.24. The SMILES string of the molecule is Fc1ccc2nc3ccccc3cc2c1F. The molecule has 0 amide bonds. The summed E-state index contributed by atoms with van der Waals surface area (Å²) in [5.41, 5.74) is 1.25. The average molecular weight is 215 g/mol. The van der Waals surface area contributed by atoms with Gasteiger partial charge in [0.25, 0.3) is 0 Å². The number of benzene rings is 2. The van der Waals surface area contributed by atoms with Gasteiger partial charge in [-0.25, -0.2) is 13.8 Å². The predicted molar refractivity (Wildman–Crippen MR) is 59.2 cm³/mol. The van der Waals surface area contributed by atoms with Crippen molar-refractivity contribution in [3.63, 3.8) is 0 Å². The van der Waals surface area contributed by atoms with Crippen LogP contribution in [0.3, 0.4) is 0 Å². The van der Waals surface area contributed by atoms with Crippen LogP contribution in [0.25, 0.3) is 21.8 Å². The lowest BCUT2D eigenvalue weighted by Crippen LogP contribution is -1.89. The molecule has 1 aromatic heterocycles. The highest BCUT2D eigenvalue weighted by molar-refractivity contribution is 5.92. The number of hydrogen-bond acceptors (Lipinski definition) is 1. The number of rotatable bonds is 0. The van der Waals surface area contributed by atoms with E-state index in [0.29, 0.717) is 5.52 Å². The van der Waals surface area contributed by atoms with Crippen LogP contribution in [0.4, 0.5) is 8.78 Å². The fourth-order valence-corrected chi connectivity index (χ4v) is 1.79. The highest BCUT2D eigenvalue weighted by atomic mass is 19.2. The number of hydrogen-bond donors (Lipinski definition) is 0. The Hall–Kier alpha value is -2.03. The summed E-state index contributed by atoms with van der Waals surface area (Å²) in [7, 11) is 0. The Bertz CT molecular complexity index is 692. The van der Waals surface area contributed by atoms with Crippen molar-refractivity contribution in [2.24, 2.45) is 0 Å². The van der Waals surface area contributed by atoms with Gasteiger partial charge in [0.15, 0.2) is 11.6 Å². The number of aromatic nitrogens is 1. The Morgan fingerprint density at radius 3 is 2.56 bits per heavy atom. The second-order valence-electron chi connectivity index (χ2n) is 3.61. The van der Waals surface area contributed by atoms with E-state index in [4.69, 9.17) is 0 Å². The van der Waals surface area contributed by atoms with Crippen molar-refractivity contribution in [3.8, 4) is 0 Å². The van der Waals surface area contributed by atoms with Crippen LogP contribution in [0, 0.1) is 11.6 Å². The van der Waals surface area contributed by atoms with Crippen molar-refractivity contribution >= 4 is 21.8 Å². The summed E-state index contributed by atoms with van der Waals surface area (Å²) in [6.07, 6.45) is 0. The van der Waals surface area contributed by atoms with Gasteiger partial charge in [0.1, 0.15) is 0 Å². The Balaban J connectivity index is 2.51. The van der Waals surface area contributed by atoms with Gasteiger partial charge in [-0.15, -0.1) is 0 Å². The lowest BCUT2D eigenvalue weighted by Gasteiger charge is -2.02. The molecule has 1 heterocycles. The van der Waals surface area contributed by atoms with Crippen LogP contribution in [-0.4, -0.2) is 4.98 Å². The smallest absolute Gasteiger partial charge is 0.168 e. The predicted octanol–water partition coefficient (Wildman–Crippen LogP) is 3.67. The lowest BCUT2D eigenvalue weighted by atomic mass is 10.1. The maximum absolute atomic E-state index is 13.5. The number of para-hydroxylation sites is 1. The molecule has 78 valence electrons. The van der Waals surface area contributed by atoms with Gasteiger partial charge >= 0.3 is 0 Å². The van der Waals surface area contributed by atoms with E-state index in [1.54, 1.807) is 6.07 Å². The van der Waals surface area contributed by atoms with E-state index in [1.807, 2.05) is 24.3 Å². The summed E-state index contributed by atoms with van der Waals surface area (Å²) in [4.78, 5) is 4.27. The van der Waals surface area contributed by atoms with E-state index in [1.165, 1.54) is 6.07 Å². The van der Waals surface area contributed by atoms with Crippen LogP contribution in [-0.2, 0) is 0 Å². The molecule has 0 atom stereocenters. The summed E-state index contributed by atoms with van der Waals surface area (Å²) in [5, 5.41) is 1.03. The van der Waals surface area contributed by atoms with Gasteiger partial charge in [0, 0.05) is 10.8 Å². The molecule has 2 aromatic carbocycles. The molecule has 0 N–H and O–H groups in total. The van der Waals surface area contributed by atoms with Crippen LogP contribution in [0.2, 0.25) is 0 Å². The Kier molecular flexibility index (Phi) is 1.86. The first kappa shape index (κ1) is 9.21. The molecule has 1 nitrogen and oxygen atoms in total. The van der Waals surface area contributed by atoms with E-state index >= 15 is 0 Å². The molecule has 0 saturated carbocycles. The van der Waals surface area contributed by atoms with E-state index < -0.39 is 11.6 Å². The minimum Gasteiger partial charge on any atom is -0.248 e. The molecule has 0 radical (unpaired) electrons. The molecule has 16 heavy (non-hydrogen) atoms. The van der Waals surface area contributed by atoms with Gasteiger partial charge in [0.2, 0.25) is 0 Å². The van der Waals surface area contributed by atoms with Crippen molar-refractivity contribution in [1.29, 1.82) is 0 Å². The van der Waals surface area contributed by atoms with Crippen LogP contribution in [0.15, 0.2) is 42.5 Å². The fourth-order valence-electron chi connectivity index (χ4n) is 1.79. The first-order chi connectivity index (χ1) is 7.75. The minimum atomic E-state index is -0.843. The topological polar surface area (TPSA) is 12.9 Å². The quantitative estimate of drug-likeness (QED) is 0.521. The molecular weight excluding hydrogens is 208 g/mol. The molecular formula is C13H7F2N. The zero-order chi connectivity index (χ0) is 11.1. The average Bonchev–Trinajstić information content (AvgIpc) is 2.32. The lowest BCUT2D eigenvalue weighted by molar-refractivity contribution is 0.517. The van der Waals surface area contributed by atoms with E-state index in [2.05, 4.69) is 4.98 Å². The normalized spacial score (nSPS) is 11.1. The van der Waals surface area contributed by atoms with Gasteiger partial charge in [-0.2, -0.15) is 0 Å². The second kappa shape index (κ2) is 3.23. The zero-order valence-electron chi connectivity index (χ0n) is 8.24.